The van der Waals surface area contributed by atoms with Gasteiger partial charge in [0.1, 0.15) is 0 Å². The van der Waals surface area contributed by atoms with E-state index in [0.29, 0.717) is 17.5 Å². The lowest BCUT2D eigenvalue weighted by Crippen LogP contribution is -2.28. The van der Waals surface area contributed by atoms with Crippen LogP contribution in [0.4, 0.5) is 0 Å². The summed E-state index contributed by atoms with van der Waals surface area (Å²) < 4.78 is 27.7. The molecule has 0 aromatic heterocycles. The summed E-state index contributed by atoms with van der Waals surface area (Å²) in [5, 5.41) is 7.69. The summed E-state index contributed by atoms with van der Waals surface area (Å²) in [7, 11) is -3.76. The first kappa shape index (κ1) is 23.2. The van der Waals surface area contributed by atoms with E-state index in [2.05, 4.69) is 5.32 Å². The Labute approximate surface area is 187 Å². The topological polar surface area (TPSA) is 116 Å². The fourth-order valence-electron chi connectivity index (χ4n) is 3.12. The molecule has 0 spiro atoms. The monoisotopic (exact) mass is 452 g/mol. The van der Waals surface area contributed by atoms with Crippen molar-refractivity contribution in [2.24, 2.45) is 5.14 Å². The molecule has 0 radical (unpaired) electrons. The van der Waals surface area contributed by atoms with Crippen LogP contribution in [0.25, 0.3) is 0 Å². The molecule has 0 unspecified atom stereocenters. The van der Waals surface area contributed by atoms with Crippen molar-refractivity contribution < 1.29 is 22.7 Å². The predicted molar refractivity (Wildman–Crippen MR) is 120 cm³/mol. The molecule has 166 valence electrons. The Kier molecular flexibility index (Phi) is 7.75. The zero-order valence-corrected chi connectivity index (χ0v) is 18.2. The molecule has 3 aromatic rings. The number of aryl methyl sites for hydroxylation is 2. The van der Waals surface area contributed by atoms with E-state index in [0.717, 1.165) is 12.0 Å². The third-order valence-corrected chi connectivity index (χ3v) is 5.77. The van der Waals surface area contributed by atoms with E-state index in [1.54, 1.807) is 24.3 Å². The van der Waals surface area contributed by atoms with Crippen LogP contribution >= 0.6 is 0 Å². The summed E-state index contributed by atoms with van der Waals surface area (Å²) in [5.41, 5.74) is 3.15. The molecular weight excluding hydrogens is 428 g/mol. The Hall–Kier alpha value is -3.49. The van der Waals surface area contributed by atoms with Crippen molar-refractivity contribution in [3.05, 3.63) is 101 Å². The standard InChI is InChI=1S/C24H24N2O5S/c25-32(29,30)21-14-11-19(12-15-21)16-26-23(27)17-31-24(28)22-9-5-4-8-20(22)13-10-18-6-2-1-3-7-18/h1-9,11-12,14-15H,10,13,16-17H2,(H,26,27)(H2,25,29,30). The van der Waals surface area contributed by atoms with Crippen LogP contribution in [0, 0.1) is 0 Å². The lowest BCUT2D eigenvalue weighted by Gasteiger charge is -2.10. The van der Waals surface area contributed by atoms with Crippen molar-refractivity contribution in [2.45, 2.75) is 24.3 Å². The number of nitrogens with one attached hydrogen (secondary N) is 1. The first-order chi connectivity index (χ1) is 15.3. The lowest BCUT2D eigenvalue weighted by molar-refractivity contribution is -0.124. The molecule has 8 heteroatoms. The van der Waals surface area contributed by atoms with Gasteiger partial charge in [-0.1, -0.05) is 60.7 Å². The molecule has 0 saturated carbocycles. The second-order valence-corrected chi connectivity index (χ2v) is 8.75. The highest BCUT2D eigenvalue weighted by Gasteiger charge is 2.14. The van der Waals surface area contributed by atoms with Gasteiger partial charge in [0.15, 0.2) is 6.61 Å². The van der Waals surface area contributed by atoms with E-state index in [-0.39, 0.29) is 11.4 Å². The van der Waals surface area contributed by atoms with Gasteiger partial charge in [-0.05, 0) is 47.7 Å². The molecule has 0 aliphatic heterocycles. The van der Waals surface area contributed by atoms with Crippen LogP contribution in [-0.2, 0) is 38.9 Å². The second-order valence-electron chi connectivity index (χ2n) is 7.18. The minimum Gasteiger partial charge on any atom is -0.452 e. The number of hydrogen-bond acceptors (Lipinski definition) is 5. The van der Waals surface area contributed by atoms with Gasteiger partial charge in [-0.25, -0.2) is 18.4 Å². The Morgan fingerprint density at radius 2 is 1.47 bits per heavy atom. The van der Waals surface area contributed by atoms with Gasteiger partial charge in [-0.3, -0.25) is 4.79 Å². The molecule has 0 saturated heterocycles. The molecule has 3 rings (SSSR count). The number of nitrogens with two attached hydrogens (primary N) is 1. The average Bonchev–Trinajstić information content (AvgIpc) is 2.80. The van der Waals surface area contributed by atoms with E-state index in [1.165, 1.54) is 17.7 Å². The maximum absolute atomic E-state index is 12.5. The SMILES string of the molecule is NS(=O)(=O)c1ccc(CNC(=O)COC(=O)c2ccccc2CCc2ccccc2)cc1. The number of hydrogen-bond donors (Lipinski definition) is 2. The van der Waals surface area contributed by atoms with E-state index in [1.807, 2.05) is 42.5 Å². The maximum Gasteiger partial charge on any atom is 0.338 e. The Morgan fingerprint density at radius 3 is 2.16 bits per heavy atom. The smallest absolute Gasteiger partial charge is 0.338 e. The van der Waals surface area contributed by atoms with Gasteiger partial charge >= 0.3 is 5.97 Å². The van der Waals surface area contributed by atoms with Crippen molar-refractivity contribution >= 4 is 21.9 Å². The normalized spacial score (nSPS) is 11.0. The average molecular weight is 453 g/mol. The van der Waals surface area contributed by atoms with Gasteiger partial charge in [-0.15, -0.1) is 0 Å². The van der Waals surface area contributed by atoms with Crippen molar-refractivity contribution in [3.8, 4) is 0 Å². The maximum atomic E-state index is 12.5. The summed E-state index contributed by atoms with van der Waals surface area (Å²) in [4.78, 5) is 24.6. The Morgan fingerprint density at radius 1 is 0.812 bits per heavy atom. The van der Waals surface area contributed by atoms with Crippen LogP contribution in [0.2, 0.25) is 0 Å². The number of benzene rings is 3. The molecule has 3 N–H and O–H groups in total. The Bertz CT molecular complexity index is 1180. The van der Waals surface area contributed by atoms with Crippen LogP contribution in [-0.4, -0.2) is 26.9 Å². The molecule has 0 fully saturated rings. The molecule has 0 aliphatic rings. The third-order valence-electron chi connectivity index (χ3n) is 4.84. The van der Waals surface area contributed by atoms with Gasteiger partial charge < -0.3 is 10.1 Å². The number of ether oxygens (including phenoxy) is 1. The highest BCUT2D eigenvalue weighted by Crippen LogP contribution is 2.14. The number of amides is 1. The number of carbonyl (C=O) groups excluding carboxylic acids is 2. The van der Waals surface area contributed by atoms with E-state index >= 15 is 0 Å². The van der Waals surface area contributed by atoms with Gasteiger partial charge in [-0.2, -0.15) is 0 Å². The minimum absolute atomic E-state index is 0.00700. The molecule has 1 amide bonds. The number of sulfonamides is 1. The number of rotatable bonds is 9. The second kappa shape index (κ2) is 10.7. The fourth-order valence-corrected chi connectivity index (χ4v) is 3.63. The van der Waals surface area contributed by atoms with Crippen molar-refractivity contribution in [2.75, 3.05) is 6.61 Å². The fraction of sp³-hybridized carbons (Fsp3) is 0.167. The van der Waals surface area contributed by atoms with Crippen molar-refractivity contribution in [3.63, 3.8) is 0 Å². The van der Waals surface area contributed by atoms with Crippen molar-refractivity contribution in [1.82, 2.24) is 5.32 Å². The summed E-state index contributed by atoms with van der Waals surface area (Å²) in [6.07, 6.45) is 1.46. The van der Waals surface area contributed by atoms with Gasteiger partial charge in [0.05, 0.1) is 10.5 Å². The quantitative estimate of drug-likeness (QED) is 0.484. The predicted octanol–water partition coefficient (Wildman–Crippen LogP) is 2.59. The molecular formula is C24H24N2O5S. The van der Waals surface area contributed by atoms with E-state index < -0.39 is 28.5 Å². The molecule has 7 nitrogen and oxygen atoms in total. The highest BCUT2D eigenvalue weighted by molar-refractivity contribution is 7.89. The van der Waals surface area contributed by atoms with Crippen LogP contribution in [0.1, 0.15) is 27.0 Å². The minimum atomic E-state index is -3.76. The molecule has 0 bridgehead atoms. The zero-order valence-electron chi connectivity index (χ0n) is 17.4. The summed E-state index contributed by atoms with van der Waals surface area (Å²) in [6.45, 7) is -0.254. The van der Waals surface area contributed by atoms with Gasteiger partial charge in [0.2, 0.25) is 10.0 Å². The van der Waals surface area contributed by atoms with E-state index in [4.69, 9.17) is 9.88 Å². The summed E-state index contributed by atoms with van der Waals surface area (Å²) in [5.74, 6) is -1.02. The first-order valence-corrected chi connectivity index (χ1v) is 11.5. The van der Waals surface area contributed by atoms with Crippen LogP contribution in [0.15, 0.2) is 83.8 Å². The molecule has 0 atom stereocenters. The van der Waals surface area contributed by atoms with Gasteiger partial charge in [0, 0.05) is 6.54 Å². The molecule has 0 aliphatic carbocycles. The van der Waals surface area contributed by atoms with Gasteiger partial charge in [0.25, 0.3) is 5.91 Å². The molecule has 32 heavy (non-hydrogen) atoms. The van der Waals surface area contributed by atoms with Crippen LogP contribution in [0.5, 0.6) is 0 Å². The van der Waals surface area contributed by atoms with Crippen LogP contribution in [0.3, 0.4) is 0 Å². The van der Waals surface area contributed by atoms with Crippen LogP contribution < -0.4 is 10.5 Å². The number of carbonyl (C=O) groups is 2. The Balaban J connectivity index is 1.50. The lowest BCUT2D eigenvalue weighted by atomic mass is 10.00. The summed E-state index contributed by atoms with van der Waals surface area (Å²) >= 11 is 0. The largest absolute Gasteiger partial charge is 0.452 e. The molecule has 3 aromatic carbocycles. The van der Waals surface area contributed by atoms with Crippen molar-refractivity contribution in [1.29, 1.82) is 0 Å². The highest BCUT2D eigenvalue weighted by atomic mass is 32.2. The number of primary sulfonamides is 1. The zero-order chi connectivity index (χ0) is 23.0. The third kappa shape index (κ3) is 6.76. The molecule has 0 heterocycles. The first-order valence-electron chi connectivity index (χ1n) is 10.0. The van der Waals surface area contributed by atoms with E-state index in [9.17, 15) is 18.0 Å². The number of esters is 1. The summed E-state index contributed by atoms with van der Waals surface area (Å²) in [6, 6.07) is 23.0.